The molecule has 100 valence electrons. The van der Waals surface area contributed by atoms with Crippen LogP contribution in [-0.2, 0) is 11.3 Å². The second-order valence-electron chi connectivity index (χ2n) is 5.09. The van der Waals surface area contributed by atoms with Gasteiger partial charge in [-0.05, 0) is 12.5 Å². The molecule has 2 unspecified atom stereocenters. The Labute approximate surface area is 114 Å². The van der Waals surface area contributed by atoms with Gasteiger partial charge in [0.15, 0.2) is 0 Å². The number of nitrogens with zero attached hydrogens (tertiary/aromatic N) is 3. The van der Waals surface area contributed by atoms with Gasteiger partial charge >= 0.3 is 0 Å². The standard InChI is InChI=1S/C15H19N3O/c1-12-10-18(11-13-6-4-3-5-7-13)14(8-9-16)15(19)17(12)2/h3-7,12,14H,8,10-11H2,1-2H3. The van der Waals surface area contributed by atoms with E-state index in [1.165, 1.54) is 5.56 Å². The lowest BCUT2D eigenvalue weighted by Gasteiger charge is -2.42. The van der Waals surface area contributed by atoms with Crippen LogP contribution in [0.2, 0.25) is 0 Å². The van der Waals surface area contributed by atoms with Gasteiger partial charge in [0.05, 0.1) is 12.5 Å². The number of nitriles is 1. The molecule has 1 fully saturated rings. The van der Waals surface area contributed by atoms with Gasteiger partial charge in [0, 0.05) is 26.2 Å². The van der Waals surface area contributed by atoms with E-state index in [9.17, 15) is 4.79 Å². The summed E-state index contributed by atoms with van der Waals surface area (Å²) in [6.07, 6.45) is 0.253. The third kappa shape index (κ3) is 2.94. The predicted molar refractivity (Wildman–Crippen MR) is 73.1 cm³/mol. The molecule has 1 aromatic carbocycles. The van der Waals surface area contributed by atoms with Crippen LogP contribution >= 0.6 is 0 Å². The molecule has 19 heavy (non-hydrogen) atoms. The summed E-state index contributed by atoms with van der Waals surface area (Å²) in [5.74, 6) is 0.0521. The van der Waals surface area contributed by atoms with E-state index in [2.05, 4.69) is 23.1 Å². The SMILES string of the molecule is CC1CN(Cc2ccccc2)C(CC#N)C(=O)N1C. The molecule has 1 heterocycles. The van der Waals surface area contributed by atoms with Crippen molar-refractivity contribution in [2.75, 3.05) is 13.6 Å². The molecule has 0 aliphatic carbocycles. The monoisotopic (exact) mass is 257 g/mol. The Morgan fingerprint density at radius 3 is 2.68 bits per heavy atom. The van der Waals surface area contributed by atoms with Crippen molar-refractivity contribution >= 4 is 5.91 Å². The van der Waals surface area contributed by atoms with Crippen molar-refractivity contribution in [1.29, 1.82) is 5.26 Å². The van der Waals surface area contributed by atoms with E-state index in [0.717, 1.165) is 13.1 Å². The molecular formula is C15H19N3O. The number of likely N-dealkylation sites (N-methyl/N-ethyl adjacent to an activating group) is 1. The lowest BCUT2D eigenvalue weighted by molar-refractivity contribution is -0.143. The average molecular weight is 257 g/mol. The maximum absolute atomic E-state index is 12.3. The second-order valence-corrected chi connectivity index (χ2v) is 5.09. The Balaban J connectivity index is 2.16. The summed E-state index contributed by atoms with van der Waals surface area (Å²) in [4.78, 5) is 16.1. The highest BCUT2D eigenvalue weighted by Crippen LogP contribution is 2.20. The molecule has 1 saturated heterocycles. The van der Waals surface area contributed by atoms with E-state index >= 15 is 0 Å². The van der Waals surface area contributed by atoms with Crippen molar-refractivity contribution in [3.8, 4) is 6.07 Å². The van der Waals surface area contributed by atoms with Gasteiger partial charge in [0.2, 0.25) is 5.91 Å². The number of amides is 1. The molecule has 2 rings (SSSR count). The first-order valence-electron chi connectivity index (χ1n) is 6.55. The van der Waals surface area contributed by atoms with Gasteiger partial charge in [-0.3, -0.25) is 9.69 Å². The van der Waals surface area contributed by atoms with Crippen LogP contribution in [0, 0.1) is 11.3 Å². The van der Waals surface area contributed by atoms with Crippen molar-refractivity contribution in [3.05, 3.63) is 35.9 Å². The van der Waals surface area contributed by atoms with E-state index in [4.69, 9.17) is 5.26 Å². The topological polar surface area (TPSA) is 47.3 Å². The predicted octanol–water partition coefficient (Wildman–Crippen LogP) is 1.63. The summed E-state index contributed by atoms with van der Waals surface area (Å²) in [7, 11) is 1.82. The van der Waals surface area contributed by atoms with E-state index in [1.54, 1.807) is 4.90 Å². The van der Waals surface area contributed by atoms with Gasteiger partial charge in [-0.25, -0.2) is 0 Å². The highest BCUT2D eigenvalue weighted by molar-refractivity contribution is 5.83. The maximum atomic E-state index is 12.3. The summed E-state index contributed by atoms with van der Waals surface area (Å²) < 4.78 is 0. The third-order valence-electron chi connectivity index (χ3n) is 3.75. The summed E-state index contributed by atoms with van der Waals surface area (Å²) in [6.45, 7) is 3.57. The highest BCUT2D eigenvalue weighted by Gasteiger charge is 2.36. The molecule has 0 saturated carbocycles. The molecule has 0 bridgehead atoms. The lowest BCUT2D eigenvalue weighted by atomic mass is 10.0. The van der Waals surface area contributed by atoms with Gasteiger partial charge < -0.3 is 4.90 Å². The Hall–Kier alpha value is -1.86. The Morgan fingerprint density at radius 1 is 1.37 bits per heavy atom. The largest absolute Gasteiger partial charge is 0.340 e. The van der Waals surface area contributed by atoms with Crippen LogP contribution in [0.25, 0.3) is 0 Å². The third-order valence-corrected chi connectivity index (χ3v) is 3.75. The van der Waals surface area contributed by atoms with Crippen molar-refractivity contribution in [2.45, 2.75) is 32.0 Å². The zero-order valence-electron chi connectivity index (χ0n) is 11.4. The molecule has 1 amide bonds. The zero-order chi connectivity index (χ0) is 13.8. The van der Waals surface area contributed by atoms with Gasteiger partial charge in [0.25, 0.3) is 0 Å². The highest BCUT2D eigenvalue weighted by atomic mass is 16.2. The molecule has 1 aliphatic rings. The molecule has 0 N–H and O–H groups in total. The first-order chi connectivity index (χ1) is 9.13. The van der Waals surface area contributed by atoms with Crippen molar-refractivity contribution in [1.82, 2.24) is 9.80 Å². The molecule has 1 aromatic rings. The van der Waals surface area contributed by atoms with E-state index in [1.807, 2.05) is 32.2 Å². The molecule has 0 aromatic heterocycles. The number of rotatable bonds is 3. The van der Waals surface area contributed by atoms with Crippen LogP contribution in [0.15, 0.2) is 30.3 Å². The Bertz CT molecular complexity index is 480. The first kappa shape index (κ1) is 13.6. The van der Waals surface area contributed by atoms with Gasteiger partial charge in [-0.1, -0.05) is 30.3 Å². The molecule has 1 aliphatic heterocycles. The molecule has 4 heteroatoms. The number of hydrogen-bond donors (Lipinski definition) is 0. The molecule has 2 atom stereocenters. The summed E-state index contributed by atoms with van der Waals surface area (Å²) in [5.41, 5.74) is 1.18. The van der Waals surface area contributed by atoms with Crippen molar-refractivity contribution in [2.24, 2.45) is 0 Å². The molecular weight excluding hydrogens is 238 g/mol. The van der Waals surface area contributed by atoms with Crippen LogP contribution in [0.1, 0.15) is 18.9 Å². The first-order valence-corrected chi connectivity index (χ1v) is 6.55. The number of hydrogen-bond acceptors (Lipinski definition) is 3. The number of carbonyl (C=O) groups excluding carboxylic acids is 1. The maximum Gasteiger partial charge on any atom is 0.241 e. The fraction of sp³-hybridized carbons (Fsp3) is 0.467. The lowest BCUT2D eigenvalue weighted by Crippen LogP contribution is -2.59. The number of benzene rings is 1. The quantitative estimate of drug-likeness (QED) is 0.827. The Morgan fingerprint density at radius 2 is 2.05 bits per heavy atom. The zero-order valence-corrected chi connectivity index (χ0v) is 11.4. The Kier molecular flexibility index (Phi) is 4.18. The minimum absolute atomic E-state index is 0.0521. The van der Waals surface area contributed by atoms with Crippen molar-refractivity contribution in [3.63, 3.8) is 0 Å². The van der Waals surface area contributed by atoms with Crippen LogP contribution < -0.4 is 0 Å². The van der Waals surface area contributed by atoms with E-state index in [-0.39, 0.29) is 24.4 Å². The minimum atomic E-state index is -0.314. The smallest absolute Gasteiger partial charge is 0.241 e. The van der Waals surface area contributed by atoms with E-state index < -0.39 is 0 Å². The van der Waals surface area contributed by atoms with Crippen LogP contribution in [0.4, 0.5) is 0 Å². The van der Waals surface area contributed by atoms with Crippen molar-refractivity contribution < 1.29 is 4.79 Å². The van der Waals surface area contributed by atoms with E-state index in [0.29, 0.717) is 0 Å². The van der Waals surface area contributed by atoms with Gasteiger partial charge in [-0.15, -0.1) is 0 Å². The average Bonchev–Trinajstić information content (AvgIpc) is 2.42. The number of carbonyl (C=O) groups is 1. The molecule has 0 spiro atoms. The molecule has 4 nitrogen and oxygen atoms in total. The second kappa shape index (κ2) is 5.85. The van der Waals surface area contributed by atoms with Gasteiger partial charge in [-0.2, -0.15) is 5.26 Å². The molecule has 0 radical (unpaired) electrons. The fourth-order valence-corrected chi connectivity index (χ4v) is 2.49. The van der Waals surface area contributed by atoms with Gasteiger partial charge in [0.1, 0.15) is 6.04 Å². The van der Waals surface area contributed by atoms with Crippen LogP contribution in [0.3, 0.4) is 0 Å². The fourth-order valence-electron chi connectivity index (χ4n) is 2.49. The summed E-state index contributed by atoms with van der Waals surface area (Å²) in [5, 5.41) is 8.92. The van der Waals surface area contributed by atoms with Crippen LogP contribution in [-0.4, -0.2) is 41.4 Å². The number of piperazine rings is 1. The minimum Gasteiger partial charge on any atom is -0.340 e. The normalized spacial score (nSPS) is 24.3. The summed E-state index contributed by atoms with van der Waals surface area (Å²) >= 11 is 0. The summed E-state index contributed by atoms with van der Waals surface area (Å²) in [6, 6.07) is 12.1. The van der Waals surface area contributed by atoms with Crippen LogP contribution in [0.5, 0.6) is 0 Å².